The summed E-state index contributed by atoms with van der Waals surface area (Å²) in [6.07, 6.45) is 4.52. The number of phenols is 1. The summed E-state index contributed by atoms with van der Waals surface area (Å²) in [6.45, 7) is 0. The first kappa shape index (κ1) is 10.3. The van der Waals surface area contributed by atoms with Crippen molar-refractivity contribution >= 4 is 5.69 Å². The van der Waals surface area contributed by atoms with Crippen LogP contribution in [0.1, 0.15) is 25.7 Å². The van der Waals surface area contributed by atoms with Crippen molar-refractivity contribution in [3.63, 3.8) is 0 Å². The van der Waals surface area contributed by atoms with Crippen LogP contribution in [0.15, 0.2) is 24.3 Å². The molecular formula is C12H18N2O. The van der Waals surface area contributed by atoms with Gasteiger partial charge >= 0.3 is 0 Å². The molecule has 1 aliphatic carbocycles. The maximum absolute atomic E-state index is 9.33. The molecule has 0 aliphatic heterocycles. The molecule has 0 spiro atoms. The quantitative estimate of drug-likeness (QED) is 0.694. The van der Waals surface area contributed by atoms with Crippen molar-refractivity contribution in [3.05, 3.63) is 24.3 Å². The topological polar surface area (TPSA) is 58.3 Å². The van der Waals surface area contributed by atoms with Crippen LogP contribution in [0.4, 0.5) is 5.69 Å². The van der Waals surface area contributed by atoms with Crippen LogP contribution in [0.5, 0.6) is 5.75 Å². The summed E-state index contributed by atoms with van der Waals surface area (Å²) in [4.78, 5) is 0. The summed E-state index contributed by atoms with van der Waals surface area (Å²) in [7, 11) is 0. The lowest BCUT2D eigenvalue weighted by molar-refractivity contribution is 0.409. The number of nitrogens with two attached hydrogens (primary N) is 1. The van der Waals surface area contributed by atoms with E-state index in [1.54, 1.807) is 12.1 Å². The van der Waals surface area contributed by atoms with Gasteiger partial charge in [0.25, 0.3) is 0 Å². The Morgan fingerprint density at radius 1 is 1.33 bits per heavy atom. The Kier molecular flexibility index (Phi) is 3.11. The van der Waals surface area contributed by atoms with Gasteiger partial charge in [0.1, 0.15) is 5.75 Å². The molecule has 3 nitrogen and oxygen atoms in total. The van der Waals surface area contributed by atoms with Gasteiger partial charge in [0.15, 0.2) is 0 Å². The molecule has 2 atom stereocenters. The number of hydrogen-bond acceptors (Lipinski definition) is 3. The Hall–Kier alpha value is -1.22. The average molecular weight is 206 g/mol. The van der Waals surface area contributed by atoms with Crippen LogP contribution in [0.2, 0.25) is 0 Å². The van der Waals surface area contributed by atoms with E-state index in [2.05, 4.69) is 5.32 Å². The van der Waals surface area contributed by atoms with Crippen LogP contribution in [-0.2, 0) is 0 Å². The highest BCUT2D eigenvalue weighted by atomic mass is 16.3. The highest BCUT2D eigenvalue weighted by molar-refractivity contribution is 5.48. The Bertz CT molecular complexity index is 327. The Labute approximate surface area is 90.3 Å². The van der Waals surface area contributed by atoms with E-state index in [9.17, 15) is 5.11 Å². The summed E-state index contributed by atoms with van der Waals surface area (Å²) in [5.74, 6) is 0.306. The zero-order valence-corrected chi connectivity index (χ0v) is 8.82. The standard InChI is InChI=1S/C12H18N2O/c13-9-3-1-4-10(7-9)14-11-5-2-6-12(15)8-11/h2,5-6,8-10,14-15H,1,3-4,7,13H2. The fourth-order valence-electron chi connectivity index (χ4n) is 2.19. The van der Waals surface area contributed by atoms with E-state index >= 15 is 0 Å². The van der Waals surface area contributed by atoms with E-state index in [1.165, 1.54) is 12.8 Å². The lowest BCUT2D eigenvalue weighted by Crippen LogP contribution is -2.34. The number of hydrogen-bond donors (Lipinski definition) is 3. The van der Waals surface area contributed by atoms with Gasteiger partial charge in [-0.05, 0) is 37.8 Å². The van der Waals surface area contributed by atoms with Crippen LogP contribution < -0.4 is 11.1 Å². The predicted molar refractivity (Wildman–Crippen MR) is 62.0 cm³/mol. The third-order valence-corrected chi connectivity index (χ3v) is 2.93. The smallest absolute Gasteiger partial charge is 0.117 e. The third-order valence-electron chi connectivity index (χ3n) is 2.93. The maximum Gasteiger partial charge on any atom is 0.117 e. The Morgan fingerprint density at radius 3 is 2.93 bits per heavy atom. The first-order valence-corrected chi connectivity index (χ1v) is 5.55. The third kappa shape index (κ3) is 2.86. The first-order valence-electron chi connectivity index (χ1n) is 5.55. The van der Waals surface area contributed by atoms with Crippen molar-refractivity contribution in [2.45, 2.75) is 37.8 Å². The fourth-order valence-corrected chi connectivity index (χ4v) is 2.19. The summed E-state index contributed by atoms with van der Waals surface area (Å²) in [5.41, 5.74) is 6.90. The monoisotopic (exact) mass is 206 g/mol. The minimum atomic E-state index is 0.306. The zero-order chi connectivity index (χ0) is 10.7. The van der Waals surface area contributed by atoms with Gasteiger partial charge in [0.2, 0.25) is 0 Å². The molecule has 1 fully saturated rings. The van der Waals surface area contributed by atoms with Gasteiger partial charge in [-0.15, -0.1) is 0 Å². The average Bonchev–Trinajstić information content (AvgIpc) is 2.17. The second-order valence-electron chi connectivity index (χ2n) is 4.32. The van der Waals surface area contributed by atoms with E-state index in [-0.39, 0.29) is 0 Å². The van der Waals surface area contributed by atoms with Gasteiger partial charge in [-0.2, -0.15) is 0 Å². The van der Waals surface area contributed by atoms with Crippen molar-refractivity contribution in [3.8, 4) is 5.75 Å². The number of phenolic OH excluding ortho intramolecular Hbond substituents is 1. The van der Waals surface area contributed by atoms with Crippen molar-refractivity contribution in [1.29, 1.82) is 0 Å². The molecule has 1 saturated carbocycles. The van der Waals surface area contributed by atoms with Gasteiger partial charge in [0, 0.05) is 23.8 Å². The van der Waals surface area contributed by atoms with Crippen LogP contribution in [-0.4, -0.2) is 17.2 Å². The van der Waals surface area contributed by atoms with Crippen LogP contribution in [0.25, 0.3) is 0 Å². The predicted octanol–water partition coefficient (Wildman–Crippen LogP) is 2.07. The normalized spacial score (nSPS) is 26.2. The Morgan fingerprint density at radius 2 is 2.20 bits per heavy atom. The van der Waals surface area contributed by atoms with Crippen molar-refractivity contribution in [2.24, 2.45) is 5.73 Å². The van der Waals surface area contributed by atoms with E-state index in [4.69, 9.17) is 5.73 Å². The second kappa shape index (κ2) is 4.53. The second-order valence-corrected chi connectivity index (χ2v) is 4.32. The highest BCUT2D eigenvalue weighted by Crippen LogP contribution is 2.22. The van der Waals surface area contributed by atoms with Crippen LogP contribution in [0.3, 0.4) is 0 Å². The number of nitrogens with one attached hydrogen (secondary N) is 1. The van der Waals surface area contributed by atoms with Crippen molar-refractivity contribution < 1.29 is 5.11 Å². The van der Waals surface area contributed by atoms with Gasteiger partial charge in [-0.3, -0.25) is 0 Å². The molecular weight excluding hydrogens is 188 g/mol. The molecule has 4 N–H and O–H groups in total. The largest absolute Gasteiger partial charge is 0.508 e. The molecule has 0 radical (unpaired) electrons. The number of benzene rings is 1. The first-order chi connectivity index (χ1) is 7.24. The molecule has 2 unspecified atom stereocenters. The summed E-state index contributed by atoms with van der Waals surface area (Å²) >= 11 is 0. The zero-order valence-electron chi connectivity index (χ0n) is 8.82. The van der Waals surface area contributed by atoms with E-state index < -0.39 is 0 Å². The molecule has 1 aliphatic rings. The molecule has 15 heavy (non-hydrogen) atoms. The van der Waals surface area contributed by atoms with Gasteiger partial charge in [-0.25, -0.2) is 0 Å². The van der Waals surface area contributed by atoms with E-state index in [1.807, 2.05) is 12.1 Å². The molecule has 1 aromatic rings. The van der Waals surface area contributed by atoms with Gasteiger partial charge in [0.05, 0.1) is 0 Å². The molecule has 2 rings (SSSR count). The van der Waals surface area contributed by atoms with E-state index in [0.717, 1.165) is 18.5 Å². The number of aromatic hydroxyl groups is 1. The SMILES string of the molecule is NC1CCCC(Nc2cccc(O)c2)C1. The van der Waals surface area contributed by atoms with E-state index in [0.29, 0.717) is 17.8 Å². The highest BCUT2D eigenvalue weighted by Gasteiger charge is 2.18. The maximum atomic E-state index is 9.33. The van der Waals surface area contributed by atoms with Crippen molar-refractivity contribution in [2.75, 3.05) is 5.32 Å². The molecule has 0 heterocycles. The molecule has 1 aromatic carbocycles. The number of rotatable bonds is 2. The molecule has 0 saturated heterocycles. The molecule has 0 aromatic heterocycles. The molecule has 3 heteroatoms. The Balaban J connectivity index is 1.96. The molecule has 0 amide bonds. The minimum Gasteiger partial charge on any atom is -0.508 e. The number of anilines is 1. The minimum absolute atomic E-state index is 0.306. The van der Waals surface area contributed by atoms with Crippen LogP contribution in [0, 0.1) is 0 Å². The summed E-state index contributed by atoms with van der Waals surface area (Å²) in [5, 5.41) is 12.7. The fraction of sp³-hybridized carbons (Fsp3) is 0.500. The van der Waals surface area contributed by atoms with Gasteiger partial charge in [-0.1, -0.05) is 6.07 Å². The summed E-state index contributed by atoms with van der Waals surface area (Å²) < 4.78 is 0. The lowest BCUT2D eigenvalue weighted by Gasteiger charge is -2.28. The van der Waals surface area contributed by atoms with Gasteiger partial charge < -0.3 is 16.2 Å². The van der Waals surface area contributed by atoms with Crippen molar-refractivity contribution in [1.82, 2.24) is 0 Å². The lowest BCUT2D eigenvalue weighted by atomic mass is 9.91. The summed E-state index contributed by atoms with van der Waals surface area (Å²) in [6, 6.07) is 8.03. The molecule has 0 bridgehead atoms. The van der Waals surface area contributed by atoms with Crippen LogP contribution >= 0.6 is 0 Å². The molecule has 82 valence electrons.